The van der Waals surface area contributed by atoms with Crippen LogP contribution in [0.3, 0.4) is 0 Å². The molecule has 1 heterocycles. The zero-order chi connectivity index (χ0) is 20.1. The third kappa shape index (κ3) is 5.03. The summed E-state index contributed by atoms with van der Waals surface area (Å²) in [6, 6.07) is 23.3. The van der Waals surface area contributed by atoms with E-state index in [1.807, 2.05) is 12.1 Å². The highest BCUT2D eigenvalue weighted by Gasteiger charge is 2.16. The van der Waals surface area contributed by atoms with Crippen molar-refractivity contribution in [3.63, 3.8) is 0 Å². The molecule has 1 amide bonds. The molecule has 4 heteroatoms. The van der Waals surface area contributed by atoms with Gasteiger partial charge in [-0.25, -0.2) is 0 Å². The lowest BCUT2D eigenvalue weighted by Crippen LogP contribution is -3.08. The second kappa shape index (κ2) is 9.21. The molecule has 4 N–H and O–H groups in total. The molecule has 1 aliphatic rings. The van der Waals surface area contributed by atoms with Crippen molar-refractivity contribution >= 4 is 22.4 Å². The van der Waals surface area contributed by atoms with Crippen LogP contribution < -0.4 is 15.5 Å². The predicted molar refractivity (Wildman–Crippen MR) is 118 cm³/mol. The molecule has 0 bridgehead atoms. The molecule has 1 fully saturated rings. The predicted octanol–water partition coefficient (Wildman–Crippen LogP) is 2.28. The minimum absolute atomic E-state index is 0.0370. The van der Waals surface area contributed by atoms with E-state index in [1.54, 1.807) is 4.90 Å². The summed E-state index contributed by atoms with van der Waals surface area (Å²) in [6.45, 7) is 6.21. The van der Waals surface area contributed by atoms with Gasteiger partial charge in [0, 0.05) is 29.7 Å². The molecule has 0 radical (unpaired) electrons. The van der Waals surface area contributed by atoms with Crippen LogP contribution in [0.4, 0.5) is 5.69 Å². The first kappa shape index (κ1) is 19.6. The Morgan fingerprint density at radius 3 is 2.52 bits per heavy atom. The van der Waals surface area contributed by atoms with Gasteiger partial charge in [-0.05, 0) is 29.8 Å². The minimum Gasteiger partial charge on any atom is -0.332 e. The third-order valence-electron chi connectivity index (χ3n) is 5.97. The first-order valence-corrected chi connectivity index (χ1v) is 10.7. The Hall–Kier alpha value is -2.69. The summed E-state index contributed by atoms with van der Waals surface area (Å²) in [5.41, 5.74) is 3.49. The number of likely N-dealkylation sites (tertiary alicyclic amines) is 1. The molecule has 3 aromatic rings. The van der Waals surface area contributed by atoms with Gasteiger partial charge in [-0.1, -0.05) is 54.6 Å². The second-order valence-electron chi connectivity index (χ2n) is 8.18. The maximum Gasteiger partial charge on any atom is 0.279 e. The van der Waals surface area contributed by atoms with E-state index in [4.69, 9.17) is 0 Å². The van der Waals surface area contributed by atoms with Crippen molar-refractivity contribution in [3.8, 4) is 0 Å². The van der Waals surface area contributed by atoms with E-state index in [2.05, 4.69) is 72.2 Å². The molecule has 0 spiro atoms. The lowest BCUT2D eigenvalue weighted by molar-refractivity contribution is -0.901. The van der Waals surface area contributed by atoms with E-state index >= 15 is 0 Å². The first-order valence-electron chi connectivity index (χ1n) is 10.7. The molecular formula is C25H31N3O+2. The van der Waals surface area contributed by atoms with Gasteiger partial charge in [-0.3, -0.25) is 4.79 Å². The largest absolute Gasteiger partial charge is 0.332 e. The average Bonchev–Trinajstić information content (AvgIpc) is 3.26. The van der Waals surface area contributed by atoms with Crippen molar-refractivity contribution in [3.05, 3.63) is 77.9 Å². The van der Waals surface area contributed by atoms with Gasteiger partial charge in [0.2, 0.25) is 0 Å². The smallest absolute Gasteiger partial charge is 0.279 e. The molecule has 29 heavy (non-hydrogen) atoms. The molecule has 1 atom stereocenters. The summed E-state index contributed by atoms with van der Waals surface area (Å²) < 4.78 is 0. The van der Waals surface area contributed by atoms with Gasteiger partial charge in [0.05, 0.1) is 13.1 Å². The fraction of sp³-hybridized carbons (Fsp3) is 0.320. The molecule has 150 valence electrons. The zero-order valence-electron chi connectivity index (χ0n) is 17.2. The number of fused-ring (bicyclic) bond motifs is 1. The van der Waals surface area contributed by atoms with Gasteiger partial charge in [0.25, 0.3) is 5.91 Å². The number of nitrogens with one attached hydrogen (secondary N) is 2. The number of carbonyl (C=O) groups is 1. The van der Waals surface area contributed by atoms with E-state index in [-0.39, 0.29) is 11.9 Å². The van der Waals surface area contributed by atoms with Gasteiger partial charge >= 0.3 is 0 Å². The number of benzene rings is 3. The Labute approximate surface area is 172 Å². The summed E-state index contributed by atoms with van der Waals surface area (Å²) in [4.78, 5) is 14.1. The van der Waals surface area contributed by atoms with Gasteiger partial charge in [-0.2, -0.15) is 0 Å². The maximum atomic E-state index is 12.4. The molecule has 1 saturated heterocycles. The Bertz CT molecular complexity index is 956. The number of amides is 1. The van der Waals surface area contributed by atoms with Crippen LogP contribution in [0.25, 0.3) is 10.8 Å². The van der Waals surface area contributed by atoms with Crippen LogP contribution in [0.2, 0.25) is 0 Å². The van der Waals surface area contributed by atoms with Gasteiger partial charge in [0.15, 0.2) is 6.54 Å². The summed E-state index contributed by atoms with van der Waals surface area (Å²) in [5, 5.41) is 7.63. The number of quaternary nitrogens is 2. The van der Waals surface area contributed by atoms with Crippen LogP contribution in [-0.4, -0.2) is 25.5 Å². The summed E-state index contributed by atoms with van der Waals surface area (Å²) in [6.07, 6.45) is 2.69. The van der Waals surface area contributed by atoms with E-state index < -0.39 is 0 Å². The average molecular weight is 390 g/mol. The topological polar surface area (TPSA) is 50.1 Å². The number of rotatable bonds is 7. The fourth-order valence-electron chi connectivity index (χ4n) is 4.32. The fourth-order valence-corrected chi connectivity index (χ4v) is 4.32. The first-order chi connectivity index (χ1) is 14.2. The van der Waals surface area contributed by atoms with Gasteiger partial charge in [-0.15, -0.1) is 0 Å². The molecular weight excluding hydrogens is 358 g/mol. The summed E-state index contributed by atoms with van der Waals surface area (Å²) in [7, 11) is 0. The van der Waals surface area contributed by atoms with E-state index in [9.17, 15) is 4.79 Å². The van der Waals surface area contributed by atoms with Gasteiger partial charge in [0.1, 0.15) is 12.6 Å². The van der Waals surface area contributed by atoms with Crippen LogP contribution in [0.5, 0.6) is 0 Å². The Morgan fingerprint density at radius 2 is 1.72 bits per heavy atom. The SMILES string of the molecule is C[C@@H]([NH2+]CC(=O)Nc1ccc(C[NH+]2CCCC2)cc1)c1cccc2ccccc12. The van der Waals surface area contributed by atoms with Crippen molar-refractivity contribution in [1.29, 1.82) is 0 Å². The normalized spacial score (nSPS) is 15.5. The Balaban J connectivity index is 1.30. The van der Waals surface area contributed by atoms with Crippen molar-refractivity contribution in [1.82, 2.24) is 0 Å². The van der Waals surface area contributed by atoms with Crippen molar-refractivity contribution in [2.24, 2.45) is 0 Å². The number of nitrogens with two attached hydrogens (primary N) is 1. The highest BCUT2D eigenvalue weighted by atomic mass is 16.1. The van der Waals surface area contributed by atoms with Crippen LogP contribution in [0, 0.1) is 0 Å². The molecule has 4 rings (SSSR count). The second-order valence-corrected chi connectivity index (χ2v) is 8.18. The minimum atomic E-state index is 0.0370. The summed E-state index contributed by atoms with van der Waals surface area (Å²) >= 11 is 0. The van der Waals surface area contributed by atoms with E-state index in [1.165, 1.54) is 47.8 Å². The molecule has 0 saturated carbocycles. The molecule has 3 aromatic carbocycles. The quantitative estimate of drug-likeness (QED) is 0.571. The molecule has 0 unspecified atom stereocenters. The molecule has 0 aliphatic carbocycles. The molecule has 4 nitrogen and oxygen atoms in total. The van der Waals surface area contributed by atoms with E-state index in [0.29, 0.717) is 6.54 Å². The lowest BCUT2D eigenvalue weighted by atomic mass is 10.00. The monoisotopic (exact) mass is 389 g/mol. The number of hydrogen-bond acceptors (Lipinski definition) is 1. The standard InChI is InChI=1S/C25H29N3O/c1-19(23-10-6-8-21-7-2-3-9-24(21)23)26-17-25(29)27-22-13-11-20(12-14-22)18-28-15-4-5-16-28/h2-3,6-14,19,26H,4-5,15-18H2,1H3,(H,27,29)/p+2/t19-/m1/s1. The van der Waals surface area contributed by atoms with Crippen molar-refractivity contribution < 1.29 is 15.0 Å². The Kier molecular flexibility index (Phi) is 6.23. The maximum absolute atomic E-state index is 12.4. The number of hydrogen-bond donors (Lipinski definition) is 3. The zero-order valence-corrected chi connectivity index (χ0v) is 17.2. The highest BCUT2D eigenvalue weighted by molar-refractivity contribution is 5.91. The highest BCUT2D eigenvalue weighted by Crippen LogP contribution is 2.22. The van der Waals surface area contributed by atoms with Crippen LogP contribution >= 0.6 is 0 Å². The van der Waals surface area contributed by atoms with Crippen molar-refractivity contribution in [2.45, 2.75) is 32.4 Å². The van der Waals surface area contributed by atoms with Crippen molar-refractivity contribution in [2.75, 3.05) is 25.0 Å². The number of carbonyl (C=O) groups excluding carboxylic acids is 1. The molecule has 0 aromatic heterocycles. The number of anilines is 1. The van der Waals surface area contributed by atoms with Crippen LogP contribution in [-0.2, 0) is 11.3 Å². The molecule has 1 aliphatic heterocycles. The van der Waals surface area contributed by atoms with Crippen LogP contribution in [0.1, 0.15) is 36.9 Å². The summed E-state index contributed by atoms with van der Waals surface area (Å²) in [5.74, 6) is 0.0370. The van der Waals surface area contributed by atoms with E-state index in [0.717, 1.165) is 12.2 Å². The van der Waals surface area contributed by atoms with Crippen LogP contribution in [0.15, 0.2) is 66.7 Å². The van der Waals surface area contributed by atoms with Gasteiger partial charge < -0.3 is 15.5 Å². The Morgan fingerprint density at radius 1 is 1.00 bits per heavy atom. The lowest BCUT2D eigenvalue weighted by Gasteiger charge is -2.14. The third-order valence-corrected chi connectivity index (χ3v) is 5.97.